The van der Waals surface area contributed by atoms with Crippen LogP contribution in [0.5, 0.6) is 0 Å². The zero-order chi connectivity index (χ0) is 13.7. The molecule has 0 aliphatic rings. The van der Waals surface area contributed by atoms with Gasteiger partial charge in [0, 0.05) is 19.6 Å². The molecule has 0 saturated carbocycles. The molecule has 0 fully saturated rings. The van der Waals surface area contributed by atoms with Crippen molar-refractivity contribution in [2.45, 2.75) is 32.9 Å². The Morgan fingerprint density at radius 2 is 1.76 bits per heavy atom. The number of sulfone groups is 1. The summed E-state index contributed by atoms with van der Waals surface area (Å²) in [6.45, 7) is 10.2. The van der Waals surface area contributed by atoms with E-state index in [9.17, 15) is 8.42 Å². The van der Waals surface area contributed by atoms with Crippen molar-refractivity contribution in [1.82, 2.24) is 10.2 Å². The number of nitrogens with one attached hydrogen (secondary N) is 1. The molecule has 0 atom stereocenters. The van der Waals surface area contributed by atoms with E-state index in [1.165, 1.54) is 0 Å². The van der Waals surface area contributed by atoms with Gasteiger partial charge in [-0.1, -0.05) is 13.8 Å². The predicted octanol–water partition coefficient (Wildman–Crippen LogP) is 0.987. The van der Waals surface area contributed by atoms with Crippen molar-refractivity contribution in [3.63, 3.8) is 0 Å². The maximum atomic E-state index is 11.6. The van der Waals surface area contributed by atoms with Gasteiger partial charge in [0.2, 0.25) is 0 Å². The largest absolute Gasteiger partial charge is 0.315 e. The molecular formula is C12H28N2O2S. The molecule has 5 heteroatoms. The summed E-state index contributed by atoms with van der Waals surface area (Å²) < 4.78 is 23.2. The summed E-state index contributed by atoms with van der Waals surface area (Å²) in [5, 5.41) is 2.96. The fourth-order valence-corrected chi connectivity index (χ4v) is 2.69. The van der Waals surface area contributed by atoms with Gasteiger partial charge in [-0.2, -0.15) is 0 Å². The number of nitrogens with zero attached hydrogens (tertiary/aromatic N) is 1. The van der Waals surface area contributed by atoms with E-state index in [0.29, 0.717) is 6.54 Å². The molecule has 0 amide bonds. The average Bonchev–Trinajstić information content (AvgIpc) is 2.10. The van der Waals surface area contributed by atoms with Crippen LogP contribution in [-0.2, 0) is 9.84 Å². The molecule has 0 aromatic rings. The van der Waals surface area contributed by atoms with Gasteiger partial charge in [-0.3, -0.25) is 0 Å². The van der Waals surface area contributed by atoms with Gasteiger partial charge in [0.1, 0.15) is 0 Å². The summed E-state index contributed by atoms with van der Waals surface area (Å²) in [7, 11) is 1.18. The first-order chi connectivity index (χ1) is 7.57. The van der Waals surface area contributed by atoms with E-state index in [1.54, 1.807) is 13.8 Å². The first-order valence-electron chi connectivity index (χ1n) is 6.14. The lowest BCUT2D eigenvalue weighted by Gasteiger charge is -2.28. The van der Waals surface area contributed by atoms with Crippen LogP contribution >= 0.6 is 0 Å². The second-order valence-corrected chi connectivity index (χ2v) is 8.67. The van der Waals surface area contributed by atoms with E-state index >= 15 is 0 Å². The molecule has 0 aliphatic heterocycles. The van der Waals surface area contributed by atoms with Crippen LogP contribution in [0.3, 0.4) is 0 Å². The number of rotatable bonds is 8. The molecule has 17 heavy (non-hydrogen) atoms. The Bertz CT molecular complexity index is 308. The van der Waals surface area contributed by atoms with Crippen molar-refractivity contribution in [1.29, 1.82) is 0 Å². The minimum absolute atomic E-state index is 0.158. The fraction of sp³-hybridized carbons (Fsp3) is 1.00. The zero-order valence-corrected chi connectivity index (χ0v) is 12.9. The Morgan fingerprint density at radius 3 is 2.18 bits per heavy atom. The Morgan fingerprint density at radius 1 is 1.24 bits per heavy atom. The summed E-state index contributed by atoms with van der Waals surface area (Å²) in [4.78, 5) is 2.15. The van der Waals surface area contributed by atoms with Gasteiger partial charge in [0.25, 0.3) is 0 Å². The smallest absolute Gasteiger partial charge is 0.153 e. The lowest BCUT2D eigenvalue weighted by Crippen LogP contribution is -2.39. The molecule has 0 aromatic carbocycles. The third kappa shape index (κ3) is 7.73. The van der Waals surface area contributed by atoms with Crippen molar-refractivity contribution in [3.8, 4) is 0 Å². The molecule has 0 rings (SSSR count). The third-order valence-electron chi connectivity index (χ3n) is 2.63. The van der Waals surface area contributed by atoms with Crippen molar-refractivity contribution in [3.05, 3.63) is 0 Å². The van der Waals surface area contributed by atoms with Crippen LogP contribution in [0.1, 0.15) is 27.7 Å². The maximum Gasteiger partial charge on any atom is 0.153 e. The van der Waals surface area contributed by atoms with Crippen LogP contribution in [0.15, 0.2) is 0 Å². The van der Waals surface area contributed by atoms with Gasteiger partial charge in [-0.25, -0.2) is 8.42 Å². The summed E-state index contributed by atoms with van der Waals surface area (Å²) >= 11 is 0. The van der Waals surface area contributed by atoms with Gasteiger partial charge in [-0.05, 0) is 33.4 Å². The highest BCUT2D eigenvalue weighted by Crippen LogP contribution is 2.13. The minimum atomic E-state index is -2.91. The standard InChI is InChI=1S/C12H28N2O2S/c1-11(2)17(15,16)8-7-13-9-12(3,4)10-14(5)6/h11,13H,7-10H2,1-6H3. The molecule has 0 aliphatic carbocycles. The minimum Gasteiger partial charge on any atom is -0.315 e. The Labute approximate surface area is 107 Å². The topological polar surface area (TPSA) is 49.4 Å². The van der Waals surface area contributed by atoms with Gasteiger partial charge < -0.3 is 10.2 Å². The summed E-state index contributed by atoms with van der Waals surface area (Å²) in [5.74, 6) is 0.225. The van der Waals surface area contributed by atoms with Crippen molar-refractivity contribution in [2.24, 2.45) is 5.41 Å². The van der Waals surface area contributed by atoms with Gasteiger partial charge in [0.05, 0.1) is 11.0 Å². The van der Waals surface area contributed by atoms with Gasteiger partial charge >= 0.3 is 0 Å². The summed E-state index contributed by atoms with van der Waals surface area (Å²) in [6.07, 6.45) is 0. The molecule has 0 unspecified atom stereocenters. The SMILES string of the molecule is CC(C)S(=O)(=O)CCNCC(C)(C)CN(C)C. The lowest BCUT2D eigenvalue weighted by atomic mass is 9.93. The first-order valence-corrected chi connectivity index (χ1v) is 7.85. The number of hydrogen-bond acceptors (Lipinski definition) is 4. The van der Waals surface area contributed by atoms with E-state index in [2.05, 4.69) is 24.1 Å². The van der Waals surface area contributed by atoms with E-state index < -0.39 is 9.84 Å². The molecule has 0 bridgehead atoms. The van der Waals surface area contributed by atoms with Crippen molar-refractivity contribution in [2.75, 3.05) is 39.5 Å². The van der Waals surface area contributed by atoms with Gasteiger partial charge in [0.15, 0.2) is 9.84 Å². The van der Waals surface area contributed by atoms with Crippen LogP contribution in [0, 0.1) is 5.41 Å². The zero-order valence-electron chi connectivity index (χ0n) is 12.1. The van der Waals surface area contributed by atoms with Crippen molar-refractivity contribution < 1.29 is 8.42 Å². The third-order valence-corrected chi connectivity index (χ3v) is 4.84. The molecule has 0 aromatic heterocycles. The normalized spacial score (nSPS) is 13.6. The Hall–Kier alpha value is -0.130. The molecule has 0 saturated heterocycles. The van der Waals surface area contributed by atoms with Crippen LogP contribution in [0.2, 0.25) is 0 Å². The molecule has 1 N–H and O–H groups in total. The molecular weight excluding hydrogens is 236 g/mol. The van der Waals surface area contributed by atoms with E-state index in [0.717, 1.165) is 13.1 Å². The summed E-state index contributed by atoms with van der Waals surface area (Å²) in [5.41, 5.74) is 0.158. The average molecular weight is 264 g/mol. The maximum absolute atomic E-state index is 11.6. The molecule has 0 spiro atoms. The van der Waals surface area contributed by atoms with E-state index in [4.69, 9.17) is 0 Å². The second-order valence-electron chi connectivity index (χ2n) is 5.99. The molecule has 104 valence electrons. The molecule has 0 radical (unpaired) electrons. The lowest BCUT2D eigenvalue weighted by molar-refractivity contribution is 0.234. The van der Waals surface area contributed by atoms with Crippen LogP contribution < -0.4 is 5.32 Å². The highest BCUT2D eigenvalue weighted by atomic mass is 32.2. The fourth-order valence-electron chi connectivity index (χ4n) is 1.79. The highest BCUT2D eigenvalue weighted by molar-refractivity contribution is 7.92. The van der Waals surface area contributed by atoms with E-state index in [-0.39, 0.29) is 16.4 Å². The highest BCUT2D eigenvalue weighted by Gasteiger charge is 2.19. The van der Waals surface area contributed by atoms with Crippen LogP contribution in [0.25, 0.3) is 0 Å². The number of hydrogen-bond donors (Lipinski definition) is 1. The van der Waals surface area contributed by atoms with Crippen LogP contribution in [0.4, 0.5) is 0 Å². The predicted molar refractivity (Wildman–Crippen MR) is 74.1 cm³/mol. The Balaban J connectivity index is 3.93. The Kier molecular flexibility index (Phi) is 6.66. The molecule has 4 nitrogen and oxygen atoms in total. The van der Waals surface area contributed by atoms with Gasteiger partial charge in [-0.15, -0.1) is 0 Å². The second kappa shape index (κ2) is 6.71. The molecule has 0 heterocycles. The summed E-state index contributed by atoms with van der Waals surface area (Å²) in [6, 6.07) is 0. The van der Waals surface area contributed by atoms with Crippen molar-refractivity contribution >= 4 is 9.84 Å². The van der Waals surface area contributed by atoms with Crippen LogP contribution in [-0.4, -0.2) is 58.1 Å². The quantitative estimate of drug-likeness (QED) is 0.664. The first kappa shape index (κ1) is 16.9. The monoisotopic (exact) mass is 264 g/mol. The van der Waals surface area contributed by atoms with E-state index in [1.807, 2.05) is 14.1 Å².